The number of alkyl halides is 2. The number of nitrogens with zero attached hydrogens (tertiary/aromatic N) is 2. The maximum Gasteiger partial charge on any atom is 0.259 e. The van der Waals surface area contributed by atoms with E-state index in [2.05, 4.69) is 10.2 Å². The number of halogens is 2. The van der Waals surface area contributed by atoms with E-state index in [9.17, 15) is 13.6 Å². The van der Waals surface area contributed by atoms with Crippen LogP contribution in [-0.4, -0.2) is 52.2 Å². The SMILES string of the molecule is Nc1[nH]ncc1C(=O)N(CCO)CC(F)F. The number of nitrogens with one attached hydrogen (secondary N) is 1. The third kappa shape index (κ3) is 2.89. The largest absolute Gasteiger partial charge is 0.395 e. The van der Waals surface area contributed by atoms with Crippen molar-refractivity contribution in [2.45, 2.75) is 6.43 Å². The smallest absolute Gasteiger partial charge is 0.259 e. The van der Waals surface area contributed by atoms with Crippen LogP contribution in [0.5, 0.6) is 0 Å². The summed E-state index contributed by atoms with van der Waals surface area (Å²) >= 11 is 0. The summed E-state index contributed by atoms with van der Waals surface area (Å²) in [6, 6.07) is 0. The second-order valence-corrected chi connectivity index (χ2v) is 3.06. The maximum absolute atomic E-state index is 12.2. The number of carbonyl (C=O) groups is 1. The van der Waals surface area contributed by atoms with E-state index in [4.69, 9.17) is 10.8 Å². The van der Waals surface area contributed by atoms with E-state index in [1.807, 2.05) is 0 Å². The standard InChI is InChI=1S/C8H12F2N4O2/c9-6(10)4-14(1-2-15)8(16)5-3-12-13-7(5)11/h3,6,15H,1-2,4H2,(H3,11,12,13). The summed E-state index contributed by atoms with van der Waals surface area (Å²) in [6.07, 6.45) is -1.50. The summed E-state index contributed by atoms with van der Waals surface area (Å²) in [5, 5.41) is 14.5. The molecule has 1 heterocycles. The number of H-pyrrole nitrogens is 1. The molecule has 0 unspecified atom stereocenters. The topological polar surface area (TPSA) is 95.2 Å². The van der Waals surface area contributed by atoms with Crippen molar-refractivity contribution in [3.63, 3.8) is 0 Å². The van der Waals surface area contributed by atoms with E-state index in [-0.39, 0.29) is 17.9 Å². The second kappa shape index (κ2) is 5.40. The van der Waals surface area contributed by atoms with Crippen LogP contribution in [0.4, 0.5) is 14.6 Å². The van der Waals surface area contributed by atoms with Crippen molar-refractivity contribution in [3.8, 4) is 0 Å². The zero-order valence-corrected chi connectivity index (χ0v) is 8.36. The van der Waals surface area contributed by atoms with Gasteiger partial charge in [-0.2, -0.15) is 5.10 Å². The van der Waals surface area contributed by atoms with E-state index in [0.717, 1.165) is 11.1 Å². The van der Waals surface area contributed by atoms with Crippen LogP contribution in [0.2, 0.25) is 0 Å². The number of nitrogen functional groups attached to an aromatic ring is 1. The van der Waals surface area contributed by atoms with Crippen molar-refractivity contribution < 1.29 is 18.7 Å². The molecule has 1 aromatic rings. The van der Waals surface area contributed by atoms with Gasteiger partial charge in [0.25, 0.3) is 12.3 Å². The lowest BCUT2D eigenvalue weighted by Crippen LogP contribution is -2.37. The first-order valence-electron chi connectivity index (χ1n) is 4.53. The van der Waals surface area contributed by atoms with Crippen LogP contribution in [0.3, 0.4) is 0 Å². The van der Waals surface area contributed by atoms with E-state index in [1.54, 1.807) is 0 Å². The lowest BCUT2D eigenvalue weighted by atomic mass is 10.2. The molecule has 1 rings (SSSR count). The first kappa shape index (κ1) is 12.4. The molecule has 90 valence electrons. The molecule has 0 aliphatic rings. The van der Waals surface area contributed by atoms with Gasteiger partial charge in [0.2, 0.25) is 0 Å². The Labute approximate surface area is 90.0 Å². The molecule has 6 nitrogen and oxygen atoms in total. The number of aliphatic hydroxyl groups excluding tert-OH is 1. The molecule has 4 N–H and O–H groups in total. The van der Waals surface area contributed by atoms with Crippen molar-refractivity contribution in [1.82, 2.24) is 15.1 Å². The molecule has 0 fully saturated rings. The first-order chi connectivity index (χ1) is 7.56. The van der Waals surface area contributed by atoms with Crippen LogP contribution in [0.25, 0.3) is 0 Å². The minimum Gasteiger partial charge on any atom is -0.395 e. The van der Waals surface area contributed by atoms with Gasteiger partial charge < -0.3 is 15.7 Å². The van der Waals surface area contributed by atoms with Gasteiger partial charge in [-0.3, -0.25) is 9.89 Å². The fourth-order valence-corrected chi connectivity index (χ4v) is 1.20. The molecule has 0 spiro atoms. The van der Waals surface area contributed by atoms with Gasteiger partial charge in [0, 0.05) is 6.54 Å². The molecule has 0 aliphatic heterocycles. The van der Waals surface area contributed by atoms with E-state index >= 15 is 0 Å². The number of hydrogen-bond donors (Lipinski definition) is 3. The molecular weight excluding hydrogens is 222 g/mol. The van der Waals surface area contributed by atoms with Gasteiger partial charge in [-0.15, -0.1) is 0 Å². The Morgan fingerprint density at radius 1 is 1.69 bits per heavy atom. The molecule has 1 amide bonds. The van der Waals surface area contributed by atoms with Crippen molar-refractivity contribution in [1.29, 1.82) is 0 Å². The highest BCUT2D eigenvalue weighted by Crippen LogP contribution is 2.11. The molecule has 1 aromatic heterocycles. The summed E-state index contributed by atoms with van der Waals surface area (Å²) in [4.78, 5) is 12.5. The summed E-state index contributed by atoms with van der Waals surface area (Å²) in [6.45, 7) is -1.31. The maximum atomic E-state index is 12.2. The van der Waals surface area contributed by atoms with Crippen LogP contribution in [-0.2, 0) is 0 Å². The Hall–Kier alpha value is -1.70. The summed E-state index contributed by atoms with van der Waals surface area (Å²) in [7, 11) is 0. The Bertz CT molecular complexity index is 356. The fourth-order valence-electron chi connectivity index (χ4n) is 1.20. The molecule has 8 heteroatoms. The number of aromatic amines is 1. The quantitative estimate of drug-likeness (QED) is 0.651. The van der Waals surface area contributed by atoms with Gasteiger partial charge in [0.1, 0.15) is 11.4 Å². The number of anilines is 1. The number of aromatic nitrogens is 2. The van der Waals surface area contributed by atoms with Crippen LogP contribution < -0.4 is 5.73 Å². The zero-order chi connectivity index (χ0) is 12.1. The van der Waals surface area contributed by atoms with Crippen LogP contribution in [0.1, 0.15) is 10.4 Å². The van der Waals surface area contributed by atoms with Crippen molar-refractivity contribution >= 4 is 11.7 Å². The van der Waals surface area contributed by atoms with Crippen LogP contribution in [0, 0.1) is 0 Å². The summed E-state index contributed by atoms with van der Waals surface area (Å²) in [5.74, 6) is -0.664. The molecule has 0 radical (unpaired) electrons. The summed E-state index contributed by atoms with van der Waals surface area (Å²) in [5.41, 5.74) is 5.41. The highest BCUT2D eigenvalue weighted by molar-refractivity contribution is 5.98. The number of nitrogens with two attached hydrogens (primary N) is 1. The van der Waals surface area contributed by atoms with Crippen molar-refractivity contribution in [2.24, 2.45) is 0 Å². The Morgan fingerprint density at radius 3 is 2.81 bits per heavy atom. The molecule has 0 saturated heterocycles. The molecule has 0 saturated carbocycles. The zero-order valence-electron chi connectivity index (χ0n) is 8.36. The summed E-state index contributed by atoms with van der Waals surface area (Å²) < 4.78 is 24.4. The molecule has 0 aliphatic carbocycles. The molecule has 0 bridgehead atoms. The van der Waals surface area contributed by atoms with E-state index < -0.39 is 25.5 Å². The van der Waals surface area contributed by atoms with Gasteiger partial charge in [0.05, 0.1) is 19.3 Å². The Balaban J connectivity index is 2.78. The average Bonchev–Trinajstić information content (AvgIpc) is 2.62. The predicted octanol–water partition coefficient (Wildman–Crippen LogP) is -0.309. The fraction of sp³-hybridized carbons (Fsp3) is 0.500. The minimum atomic E-state index is -2.66. The van der Waals surface area contributed by atoms with Gasteiger partial charge in [-0.05, 0) is 0 Å². The monoisotopic (exact) mass is 234 g/mol. The van der Waals surface area contributed by atoms with E-state index in [0.29, 0.717) is 0 Å². The third-order valence-electron chi connectivity index (χ3n) is 1.91. The number of rotatable bonds is 5. The molecule has 0 atom stereocenters. The average molecular weight is 234 g/mol. The minimum absolute atomic E-state index is 0.0159. The highest BCUT2D eigenvalue weighted by atomic mass is 19.3. The first-order valence-corrected chi connectivity index (χ1v) is 4.53. The Morgan fingerprint density at radius 2 is 2.38 bits per heavy atom. The van der Waals surface area contributed by atoms with Crippen LogP contribution >= 0.6 is 0 Å². The Kier molecular flexibility index (Phi) is 4.18. The van der Waals surface area contributed by atoms with Gasteiger partial charge in [-0.25, -0.2) is 8.78 Å². The van der Waals surface area contributed by atoms with Gasteiger partial charge >= 0.3 is 0 Å². The number of aliphatic hydroxyl groups is 1. The molecular formula is C8H12F2N4O2. The third-order valence-corrected chi connectivity index (χ3v) is 1.91. The van der Waals surface area contributed by atoms with Crippen LogP contribution in [0.15, 0.2) is 6.20 Å². The van der Waals surface area contributed by atoms with Gasteiger partial charge in [-0.1, -0.05) is 0 Å². The number of carbonyl (C=O) groups excluding carboxylic acids is 1. The van der Waals surface area contributed by atoms with E-state index in [1.165, 1.54) is 0 Å². The highest BCUT2D eigenvalue weighted by Gasteiger charge is 2.21. The number of amides is 1. The normalized spacial score (nSPS) is 10.8. The van der Waals surface area contributed by atoms with Crippen molar-refractivity contribution in [2.75, 3.05) is 25.4 Å². The van der Waals surface area contributed by atoms with Crippen molar-refractivity contribution in [3.05, 3.63) is 11.8 Å². The second-order valence-electron chi connectivity index (χ2n) is 3.06. The molecule has 16 heavy (non-hydrogen) atoms. The predicted molar refractivity (Wildman–Crippen MR) is 52.0 cm³/mol. The lowest BCUT2D eigenvalue weighted by molar-refractivity contribution is 0.0510. The number of hydrogen-bond acceptors (Lipinski definition) is 4. The lowest BCUT2D eigenvalue weighted by Gasteiger charge is -2.20. The van der Waals surface area contributed by atoms with Gasteiger partial charge in [0.15, 0.2) is 0 Å². The molecule has 0 aromatic carbocycles.